The van der Waals surface area contributed by atoms with Crippen molar-refractivity contribution in [3.8, 4) is 5.75 Å². The minimum absolute atomic E-state index is 0.0364. The van der Waals surface area contributed by atoms with Gasteiger partial charge >= 0.3 is 0 Å². The number of fused-ring (bicyclic) bond motifs is 1. The van der Waals surface area contributed by atoms with Crippen molar-refractivity contribution in [3.63, 3.8) is 0 Å². The monoisotopic (exact) mass is 358 g/mol. The molecule has 140 valence electrons. The molecule has 0 radical (unpaired) electrons. The van der Waals surface area contributed by atoms with Gasteiger partial charge in [-0.25, -0.2) is 0 Å². The molecular weight excluding hydrogens is 332 g/mol. The van der Waals surface area contributed by atoms with Crippen LogP contribution in [0.25, 0.3) is 0 Å². The topological polar surface area (TPSA) is 67.9 Å². The Morgan fingerprint density at radius 1 is 1.31 bits per heavy atom. The van der Waals surface area contributed by atoms with Gasteiger partial charge in [0.05, 0.1) is 25.2 Å². The van der Waals surface area contributed by atoms with Gasteiger partial charge in [0.15, 0.2) is 0 Å². The predicted octanol–water partition coefficient (Wildman–Crippen LogP) is 1.96. The average Bonchev–Trinajstić information content (AvgIpc) is 2.95. The molecule has 1 aromatic carbocycles. The number of rotatable bonds is 2. The quantitative estimate of drug-likeness (QED) is 0.878. The van der Waals surface area contributed by atoms with Crippen molar-refractivity contribution in [1.82, 2.24) is 10.2 Å². The first kappa shape index (κ1) is 17.3. The van der Waals surface area contributed by atoms with Crippen molar-refractivity contribution in [1.29, 1.82) is 0 Å². The molecule has 3 aliphatic rings. The molecule has 3 heterocycles. The molecule has 1 aromatic rings. The van der Waals surface area contributed by atoms with E-state index in [2.05, 4.69) is 11.4 Å². The summed E-state index contributed by atoms with van der Waals surface area (Å²) in [5.74, 6) is 0.585. The number of carbonyl (C=O) groups is 2. The molecule has 2 fully saturated rings. The molecule has 0 aromatic heterocycles. The Kier molecular flexibility index (Phi) is 4.39. The van der Waals surface area contributed by atoms with Gasteiger partial charge in [-0.05, 0) is 13.0 Å². The molecule has 0 unspecified atom stereocenters. The molecule has 4 rings (SSSR count). The van der Waals surface area contributed by atoms with Gasteiger partial charge in [0, 0.05) is 44.8 Å². The Morgan fingerprint density at radius 2 is 2.08 bits per heavy atom. The predicted molar refractivity (Wildman–Crippen MR) is 95.8 cm³/mol. The summed E-state index contributed by atoms with van der Waals surface area (Å²) in [4.78, 5) is 26.2. The molecule has 2 atom stereocenters. The van der Waals surface area contributed by atoms with Crippen LogP contribution in [0.4, 0.5) is 0 Å². The highest BCUT2D eigenvalue weighted by Crippen LogP contribution is 2.44. The van der Waals surface area contributed by atoms with Crippen LogP contribution in [0, 0.1) is 12.8 Å². The number of aryl methyl sites for hydroxylation is 1. The van der Waals surface area contributed by atoms with Gasteiger partial charge in [0.25, 0.3) is 0 Å². The van der Waals surface area contributed by atoms with Gasteiger partial charge < -0.3 is 19.7 Å². The van der Waals surface area contributed by atoms with E-state index in [9.17, 15) is 9.59 Å². The van der Waals surface area contributed by atoms with Gasteiger partial charge in [0.2, 0.25) is 11.8 Å². The summed E-state index contributed by atoms with van der Waals surface area (Å²) in [6.07, 6.45) is 2.70. The fourth-order valence-electron chi connectivity index (χ4n) is 4.30. The molecule has 0 saturated carbocycles. The summed E-state index contributed by atoms with van der Waals surface area (Å²) in [6, 6.07) is 6.05. The van der Waals surface area contributed by atoms with Crippen LogP contribution in [0.5, 0.6) is 5.75 Å². The molecule has 1 N–H and O–H groups in total. The van der Waals surface area contributed by atoms with Crippen LogP contribution >= 0.6 is 0 Å². The first-order chi connectivity index (χ1) is 12.5. The van der Waals surface area contributed by atoms with Crippen molar-refractivity contribution >= 4 is 11.8 Å². The zero-order valence-electron chi connectivity index (χ0n) is 15.4. The Bertz CT molecular complexity index is 727. The van der Waals surface area contributed by atoms with Gasteiger partial charge in [-0.15, -0.1) is 0 Å². The van der Waals surface area contributed by atoms with Crippen LogP contribution in [0.2, 0.25) is 0 Å². The fraction of sp³-hybridized carbons (Fsp3) is 0.600. The fourth-order valence-corrected chi connectivity index (χ4v) is 4.30. The first-order valence-electron chi connectivity index (χ1n) is 9.37. The third-order valence-corrected chi connectivity index (χ3v) is 5.88. The van der Waals surface area contributed by atoms with E-state index in [1.165, 1.54) is 0 Å². The molecule has 2 saturated heterocycles. The third kappa shape index (κ3) is 3.18. The summed E-state index contributed by atoms with van der Waals surface area (Å²) in [5.41, 5.74) is 1.90. The highest BCUT2D eigenvalue weighted by molar-refractivity contribution is 5.89. The lowest BCUT2D eigenvalue weighted by atomic mass is 9.81. The van der Waals surface area contributed by atoms with E-state index in [0.717, 1.165) is 36.1 Å². The zero-order valence-corrected chi connectivity index (χ0v) is 15.4. The summed E-state index contributed by atoms with van der Waals surface area (Å²) in [7, 11) is 1.75. The van der Waals surface area contributed by atoms with E-state index in [0.29, 0.717) is 26.2 Å². The van der Waals surface area contributed by atoms with Crippen LogP contribution in [0.15, 0.2) is 18.2 Å². The molecule has 1 spiro atoms. The third-order valence-electron chi connectivity index (χ3n) is 5.88. The van der Waals surface area contributed by atoms with Crippen molar-refractivity contribution < 1.29 is 19.1 Å². The maximum atomic E-state index is 12.8. The summed E-state index contributed by atoms with van der Waals surface area (Å²) in [5, 5.41) is 3.22. The number of benzene rings is 1. The molecule has 6 heteroatoms. The highest BCUT2D eigenvalue weighted by atomic mass is 16.5. The van der Waals surface area contributed by atoms with Crippen molar-refractivity contribution in [2.75, 3.05) is 26.8 Å². The zero-order chi connectivity index (χ0) is 18.3. The molecule has 26 heavy (non-hydrogen) atoms. The maximum Gasteiger partial charge on any atom is 0.225 e. The average molecular weight is 358 g/mol. The number of ether oxygens (including phenoxy) is 2. The Hall–Kier alpha value is -2.08. The van der Waals surface area contributed by atoms with Gasteiger partial charge in [0.1, 0.15) is 11.4 Å². The van der Waals surface area contributed by atoms with E-state index in [-0.39, 0.29) is 29.4 Å². The lowest BCUT2D eigenvalue weighted by Gasteiger charge is -2.44. The second-order valence-electron chi connectivity index (χ2n) is 7.88. The Labute approximate surface area is 153 Å². The second-order valence-corrected chi connectivity index (χ2v) is 7.88. The first-order valence-corrected chi connectivity index (χ1v) is 9.37. The van der Waals surface area contributed by atoms with Gasteiger partial charge in [-0.2, -0.15) is 0 Å². The largest absolute Gasteiger partial charge is 0.487 e. The molecule has 3 aliphatic heterocycles. The van der Waals surface area contributed by atoms with E-state index in [4.69, 9.17) is 9.47 Å². The van der Waals surface area contributed by atoms with Crippen molar-refractivity contribution in [3.05, 3.63) is 29.3 Å². The van der Waals surface area contributed by atoms with E-state index < -0.39 is 0 Å². The SMILES string of the molecule is Cc1ccc2c(c1)[C@H](NC(=O)[C@@H]1CC(=O)N(C)C1)CC1(CCOCC1)O2. The van der Waals surface area contributed by atoms with E-state index in [1.807, 2.05) is 19.1 Å². The smallest absolute Gasteiger partial charge is 0.225 e. The molecular formula is C20H26N2O4. The number of nitrogens with one attached hydrogen (secondary N) is 1. The van der Waals surface area contributed by atoms with Crippen LogP contribution in [0.3, 0.4) is 0 Å². The van der Waals surface area contributed by atoms with E-state index in [1.54, 1.807) is 11.9 Å². The van der Waals surface area contributed by atoms with Gasteiger partial charge in [-0.1, -0.05) is 17.7 Å². The van der Waals surface area contributed by atoms with Crippen molar-refractivity contribution in [2.24, 2.45) is 5.92 Å². The molecule has 6 nitrogen and oxygen atoms in total. The van der Waals surface area contributed by atoms with Crippen LogP contribution < -0.4 is 10.1 Å². The maximum absolute atomic E-state index is 12.8. The number of nitrogens with zero attached hydrogens (tertiary/aromatic N) is 1. The highest BCUT2D eigenvalue weighted by Gasteiger charge is 2.43. The number of amides is 2. The molecule has 0 aliphatic carbocycles. The number of hydrogen-bond acceptors (Lipinski definition) is 4. The van der Waals surface area contributed by atoms with E-state index >= 15 is 0 Å². The van der Waals surface area contributed by atoms with Crippen LogP contribution in [0.1, 0.15) is 42.9 Å². The lowest BCUT2D eigenvalue weighted by Crippen LogP contribution is -2.49. The number of likely N-dealkylation sites (tertiary alicyclic amines) is 1. The lowest BCUT2D eigenvalue weighted by molar-refractivity contribution is -0.129. The summed E-state index contributed by atoms with van der Waals surface area (Å²) >= 11 is 0. The summed E-state index contributed by atoms with van der Waals surface area (Å²) < 4.78 is 11.9. The number of carbonyl (C=O) groups excluding carboxylic acids is 2. The van der Waals surface area contributed by atoms with Crippen LogP contribution in [-0.4, -0.2) is 49.1 Å². The second kappa shape index (κ2) is 6.58. The minimum atomic E-state index is -0.277. The van der Waals surface area contributed by atoms with Gasteiger partial charge in [-0.3, -0.25) is 9.59 Å². The summed E-state index contributed by atoms with van der Waals surface area (Å²) in [6.45, 7) is 3.91. The molecule has 0 bridgehead atoms. The molecule has 2 amide bonds. The van der Waals surface area contributed by atoms with Crippen molar-refractivity contribution in [2.45, 2.75) is 44.2 Å². The standard InChI is InChI=1S/C20H26N2O4/c1-13-3-4-17-15(9-13)16(11-20(26-17)5-7-25-8-6-20)21-19(24)14-10-18(23)22(2)12-14/h3-4,9,14,16H,5-8,10-12H2,1-2H3,(H,21,24)/t14-,16-/m1/s1. The van der Waals surface area contributed by atoms with Crippen LogP contribution in [-0.2, 0) is 14.3 Å². The Balaban J connectivity index is 1.58. The number of hydrogen-bond donors (Lipinski definition) is 1. The minimum Gasteiger partial charge on any atom is -0.487 e. The Morgan fingerprint density at radius 3 is 2.77 bits per heavy atom. The normalized spacial score (nSPS) is 27.2.